The minimum Gasteiger partial charge on any atom is -0.362 e. The standard InChI is InChI=1S/C10H13F2N3O2/c1-6-8(15(16)17)4-5-9(13-6)14-7(2)10(3,11)12/h4-5,7H,1-3H3,(H,13,14). The first-order chi connectivity index (χ1) is 7.71. The van der Waals surface area contributed by atoms with Gasteiger partial charge in [0.05, 0.1) is 11.0 Å². The summed E-state index contributed by atoms with van der Waals surface area (Å²) in [5.41, 5.74) is 0.0538. The highest BCUT2D eigenvalue weighted by Gasteiger charge is 2.30. The Morgan fingerprint density at radius 2 is 2.12 bits per heavy atom. The first-order valence-electron chi connectivity index (χ1n) is 4.98. The molecule has 1 N–H and O–H groups in total. The highest BCUT2D eigenvalue weighted by atomic mass is 19.3. The summed E-state index contributed by atoms with van der Waals surface area (Å²) >= 11 is 0. The molecule has 1 heterocycles. The quantitative estimate of drug-likeness (QED) is 0.654. The molecule has 0 fully saturated rings. The van der Waals surface area contributed by atoms with Crippen LogP contribution in [0.25, 0.3) is 0 Å². The Balaban J connectivity index is 2.88. The monoisotopic (exact) mass is 245 g/mol. The number of aromatic nitrogens is 1. The van der Waals surface area contributed by atoms with E-state index in [0.29, 0.717) is 0 Å². The van der Waals surface area contributed by atoms with Crippen molar-refractivity contribution < 1.29 is 13.7 Å². The summed E-state index contributed by atoms with van der Waals surface area (Å²) < 4.78 is 25.8. The van der Waals surface area contributed by atoms with Crippen LogP contribution >= 0.6 is 0 Å². The maximum Gasteiger partial charge on any atom is 0.290 e. The van der Waals surface area contributed by atoms with Crippen molar-refractivity contribution >= 4 is 11.5 Å². The minimum atomic E-state index is -2.89. The number of pyridine rings is 1. The zero-order chi connectivity index (χ0) is 13.2. The van der Waals surface area contributed by atoms with Gasteiger partial charge in [-0.2, -0.15) is 0 Å². The summed E-state index contributed by atoms with van der Waals surface area (Å²) in [4.78, 5) is 13.8. The average molecular weight is 245 g/mol. The molecule has 0 bridgehead atoms. The van der Waals surface area contributed by atoms with Gasteiger partial charge in [-0.25, -0.2) is 13.8 Å². The van der Waals surface area contributed by atoms with E-state index in [1.165, 1.54) is 26.0 Å². The molecule has 0 aliphatic heterocycles. The van der Waals surface area contributed by atoms with Crippen molar-refractivity contribution in [2.45, 2.75) is 32.7 Å². The van der Waals surface area contributed by atoms with Crippen molar-refractivity contribution in [3.63, 3.8) is 0 Å². The number of anilines is 1. The van der Waals surface area contributed by atoms with Crippen molar-refractivity contribution in [1.82, 2.24) is 4.98 Å². The van der Waals surface area contributed by atoms with Gasteiger partial charge in [0.1, 0.15) is 11.5 Å². The van der Waals surface area contributed by atoms with E-state index in [0.717, 1.165) is 6.92 Å². The Labute approximate surface area is 97.0 Å². The molecule has 94 valence electrons. The molecule has 0 aromatic carbocycles. The van der Waals surface area contributed by atoms with Crippen LogP contribution < -0.4 is 5.32 Å². The summed E-state index contributed by atoms with van der Waals surface area (Å²) in [7, 11) is 0. The van der Waals surface area contributed by atoms with Gasteiger partial charge in [-0.1, -0.05) is 0 Å². The van der Waals surface area contributed by atoms with E-state index < -0.39 is 16.9 Å². The fourth-order valence-corrected chi connectivity index (χ4v) is 1.18. The molecule has 1 atom stereocenters. The number of aryl methyl sites for hydroxylation is 1. The van der Waals surface area contributed by atoms with Crippen LogP contribution in [0.5, 0.6) is 0 Å². The lowest BCUT2D eigenvalue weighted by Crippen LogP contribution is -2.34. The normalized spacial score (nSPS) is 13.2. The lowest BCUT2D eigenvalue weighted by atomic mass is 10.2. The molecule has 0 amide bonds. The van der Waals surface area contributed by atoms with Crippen molar-refractivity contribution in [2.75, 3.05) is 5.32 Å². The average Bonchev–Trinajstić information content (AvgIpc) is 2.15. The molecule has 0 spiro atoms. The third-order valence-electron chi connectivity index (χ3n) is 2.38. The summed E-state index contributed by atoms with van der Waals surface area (Å²) in [6.45, 7) is 3.57. The molecule has 1 aromatic heterocycles. The Bertz CT molecular complexity index is 432. The Morgan fingerprint density at radius 3 is 2.53 bits per heavy atom. The molecule has 0 radical (unpaired) electrons. The molecule has 7 heteroatoms. The highest BCUT2D eigenvalue weighted by molar-refractivity contribution is 5.45. The van der Waals surface area contributed by atoms with Gasteiger partial charge in [0, 0.05) is 13.0 Å². The van der Waals surface area contributed by atoms with Gasteiger partial charge >= 0.3 is 0 Å². The number of hydrogen-bond acceptors (Lipinski definition) is 4. The SMILES string of the molecule is Cc1nc(NC(C)C(C)(F)F)ccc1[N+](=O)[O-]. The van der Waals surface area contributed by atoms with Crippen molar-refractivity contribution in [3.05, 3.63) is 27.9 Å². The van der Waals surface area contributed by atoms with Crippen molar-refractivity contribution in [2.24, 2.45) is 0 Å². The van der Waals surface area contributed by atoms with Gasteiger partial charge in [0.15, 0.2) is 0 Å². The maximum absolute atomic E-state index is 12.9. The Kier molecular flexibility index (Phi) is 3.59. The van der Waals surface area contributed by atoms with Crippen molar-refractivity contribution in [3.8, 4) is 0 Å². The molecule has 0 saturated carbocycles. The number of nitrogens with one attached hydrogen (secondary N) is 1. The molecule has 0 aliphatic rings. The van der Waals surface area contributed by atoms with Crippen LogP contribution in [0.2, 0.25) is 0 Å². The summed E-state index contributed by atoms with van der Waals surface area (Å²) in [6.07, 6.45) is 0. The second-order valence-electron chi connectivity index (χ2n) is 3.88. The third kappa shape index (κ3) is 3.33. The molecule has 5 nitrogen and oxygen atoms in total. The van der Waals surface area contributed by atoms with Crippen LogP contribution in [-0.2, 0) is 0 Å². The van der Waals surface area contributed by atoms with E-state index >= 15 is 0 Å². The molecule has 1 aromatic rings. The zero-order valence-corrected chi connectivity index (χ0v) is 9.70. The maximum atomic E-state index is 12.9. The minimum absolute atomic E-state index is 0.133. The van der Waals surface area contributed by atoms with Gasteiger partial charge in [-0.15, -0.1) is 0 Å². The van der Waals surface area contributed by atoms with E-state index in [-0.39, 0.29) is 17.2 Å². The predicted octanol–water partition coefficient (Wildman–Crippen LogP) is 2.75. The first-order valence-corrected chi connectivity index (χ1v) is 4.98. The van der Waals surface area contributed by atoms with Crippen LogP contribution in [0.1, 0.15) is 19.5 Å². The number of halogens is 2. The van der Waals surface area contributed by atoms with Gasteiger partial charge in [-0.3, -0.25) is 10.1 Å². The van der Waals surface area contributed by atoms with Crippen LogP contribution in [-0.4, -0.2) is 21.9 Å². The van der Waals surface area contributed by atoms with E-state index in [4.69, 9.17) is 0 Å². The first kappa shape index (κ1) is 13.3. The summed E-state index contributed by atoms with van der Waals surface area (Å²) in [6, 6.07) is 1.45. The van der Waals surface area contributed by atoms with Crippen LogP contribution in [0, 0.1) is 17.0 Å². The Hall–Kier alpha value is -1.79. The smallest absolute Gasteiger partial charge is 0.290 e. The van der Waals surface area contributed by atoms with E-state index in [1.807, 2.05) is 0 Å². The second-order valence-corrected chi connectivity index (χ2v) is 3.88. The van der Waals surface area contributed by atoms with Crippen molar-refractivity contribution in [1.29, 1.82) is 0 Å². The number of hydrogen-bond donors (Lipinski definition) is 1. The number of rotatable bonds is 4. The zero-order valence-electron chi connectivity index (χ0n) is 9.70. The molecular formula is C10H13F2N3O2. The molecule has 0 aliphatic carbocycles. The molecule has 17 heavy (non-hydrogen) atoms. The highest BCUT2D eigenvalue weighted by Crippen LogP contribution is 2.22. The lowest BCUT2D eigenvalue weighted by molar-refractivity contribution is -0.385. The van der Waals surface area contributed by atoms with E-state index in [1.54, 1.807) is 0 Å². The molecular weight excluding hydrogens is 232 g/mol. The number of nitrogens with zero attached hydrogens (tertiary/aromatic N) is 2. The van der Waals surface area contributed by atoms with E-state index in [2.05, 4.69) is 10.3 Å². The largest absolute Gasteiger partial charge is 0.362 e. The molecule has 1 unspecified atom stereocenters. The summed E-state index contributed by atoms with van der Waals surface area (Å²) in [5.74, 6) is -2.70. The van der Waals surface area contributed by atoms with Crippen LogP contribution in [0.4, 0.5) is 20.3 Å². The lowest BCUT2D eigenvalue weighted by Gasteiger charge is -2.21. The van der Waals surface area contributed by atoms with Gasteiger partial charge in [-0.05, 0) is 19.9 Å². The number of alkyl halides is 2. The predicted molar refractivity (Wildman–Crippen MR) is 59.3 cm³/mol. The van der Waals surface area contributed by atoms with E-state index in [9.17, 15) is 18.9 Å². The fourth-order valence-electron chi connectivity index (χ4n) is 1.18. The van der Waals surface area contributed by atoms with Gasteiger partial charge in [0.25, 0.3) is 11.6 Å². The molecule has 1 rings (SSSR count). The third-order valence-corrected chi connectivity index (χ3v) is 2.38. The Morgan fingerprint density at radius 1 is 1.53 bits per heavy atom. The van der Waals surface area contributed by atoms with Crippen LogP contribution in [0.3, 0.4) is 0 Å². The van der Waals surface area contributed by atoms with Gasteiger partial charge < -0.3 is 5.32 Å². The fraction of sp³-hybridized carbons (Fsp3) is 0.500. The van der Waals surface area contributed by atoms with Crippen LogP contribution in [0.15, 0.2) is 12.1 Å². The number of nitro groups is 1. The van der Waals surface area contributed by atoms with Gasteiger partial charge in [0.2, 0.25) is 0 Å². The molecule has 0 saturated heterocycles. The summed E-state index contributed by atoms with van der Waals surface area (Å²) in [5, 5.41) is 13.0. The second kappa shape index (κ2) is 4.60. The topological polar surface area (TPSA) is 68.1 Å².